The Balaban J connectivity index is 1.68. The van der Waals surface area contributed by atoms with Gasteiger partial charge in [0.25, 0.3) is 0 Å². The second kappa shape index (κ2) is 6.60. The van der Waals surface area contributed by atoms with E-state index in [1.807, 2.05) is 6.07 Å². The van der Waals surface area contributed by atoms with Gasteiger partial charge in [-0.2, -0.15) is 13.2 Å². The molecule has 1 atom stereocenters. The molecule has 0 bridgehead atoms. The molecular formula is C18H17F3N4O. The molecule has 3 heterocycles. The third kappa shape index (κ3) is 3.37. The zero-order valence-electron chi connectivity index (χ0n) is 13.8. The van der Waals surface area contributed by atoms with Gasteiger partial charge in [0.15, 0.2) is 5.65 Å². The number of rotatable bonds is 3. The molecule has 1 N–H and O–H groups in total. The highest BCUT2D eigenvalue weighted by Crippen LogP contribution is 2.32. The van der Waals surface area contributed by atoms with Crippen LogP contribution in [0.1, 0.15) is 18.4 Å². The smallest absolute Gasteiger partial charge is 0.379 e. The number of halogens is 3. The lowest BCUT2D eigenvalue weighted by Gasteiger charge is -2.23. The van der Waals surface area contributed by atoms with Gasteiger partial charge in [0.1, 0.15) is 5.82 Å². The Hall–Kier alpha value is -2.61. The molecule has 136 valence electrons. The average Bonchev–Trinajstić information content (AvgIpc) is 3.05. The first-order valence-electron chi connectivity index (χ1n) is 8.37. The fourth-order valence-electron chi connectivity index (χ4n) is 3.07. The molecule has 0 radical (unpaired) electrons. The second-order valence-corrected chi connectivity index (χ2v) is 6.27. The van der Waals surface area contributed by atoms with Crippen molar-refractivity contribution in [3.8, 4) is 11.3 Å². The van der Waals surface area contributed by atoms with Gasteiger partial charge in [0.2, 0.25) is 0 Å². The van der Waals surface area contributed by atoms with Crippen molar-refractivity contribution in [1.82, 2.24) is 14.6 Å². The molecule has 3 aromatic rings. The standard InChI is InChI=1S/C18H17F3N4O/c19-18(20,21)13-4-1-3-12(9-13)15-10-22-17-7-6-16(24-25(15)17)23-14-5-2-8-26-11-14/h1,3-4,6-7,9-10,14H,2,5,8,11H2,(H,23,24). The number of aromatic nitrogens is 3. The van der Waals surface area contributed by atoms with Gasteiger partial charge in [-0.3, -0.25) is 0 Å². The van der Waals surface area contributed by atoms with Crippen LogP contribution in [0.5, 0.6) is 0 Å². The fourth-order valence-corrected chi connectivity index (χ4v) is 3.07. The average molecular weight is 362 g/mol. The molecule has 4 rings (SSSR count). The number of fused-ring (bicyclic) bond motifs is 1. The van der Waals surface area contributed by atoms with Crippen molar-refractivity contribution in [3.05, 3.63) is 48.2 Å². The van der Waals surface area contributed by atoms with E-state index in [-0.39, 0.29) is 6.04 Å². The highest BCUT2D eigenvalue weighted by molar-refractivity contribution is 5.64. The van der Waals surface area contributed by atoms with Crippen LogP contribution >= 0.6 is 0 Å². The Morgan fingerprint density at radius 1 is 1.19 bits per heavy atom. The number of anilines is 1. The van der Waals surface area contributed by atoms with Crippen LogP contribution in [0.25, 0.3) is 16.9 Å². The highest BCUT2D eigenvalue weighted by atomic mass is 19.4. The minimum Gasteiger partial charge on any atom is -0.379 e. The summed E-state index contributed by atoms with van der Waals surface area (Å²) in [5, 5.41) is 7.82. The van der Waals surface area contributed by atoms with Crippen LogP contribution in [0.15, 0.2) is 42.6 Å². The summed E-state index contributed by atoms with van der Waals surface area (Å²) in [5.41, 5.74) is 0.800. The molecule has 1 aliphatic heterocycles. The molecule has 1 fully saturated rings. The molecule has 8 heteroatoms. The Labute approximate surface area is 147 Å². The summed E-state index contributed by atoms with van der Waals surface area (Å²) in [7, 11) is 0. The van der Waals surface area contributed by atoms with Gasteiger partial charge in [0.05, 0.1) is 30.1 Å². The van der Waals surface area contributed by atoms with Crippen LogP contribution in [0.4, 0.5) is 19.0 Å². The normalized spacial score (nSPS) is 18.2. The maximum Gasteiger partial charge on any atom is 0.416 e. The number of imidazole rings is 1. The first-order chi connectivity index (χ1) is 12.5. The molecule has 0 aliphatic carbocycles. The van der Waals surface area contributed by atoms with E-state index in [4.69, 9.17) is 4.74 Å². The maximum absolute atomic E-state index is 13.0. The molecule has 1 unspecified atom stereocenters. The highest BCUT2D eigenvalue weighted by Gasteiger charge is 2.30. The summed E-state index contributed by atoms with van der Waals surface area (Å²) in [6.07, 6.45) is -0.881. The van der Waals surface area contributed by atoms with E-state index < -0.39 is 11.7 Å². The predicted molar refractivity (Wildman–Crippen MR) is 90.9 cm³/mol. The molecule has 1 saturated heterocycles. The predicted octanol–water partition coefficient (Wildman–Crippen LogP) is 4.01. The quantitative estimate of drug-likeness (QED) is 0.765. The first kappa shape index (κ1) is 16.8. The summed E-state index contributed by atoms with van der Waals surface area (Å²) in [5.74, 6) is 0.638. The molecular weight excluding hydrogens is 345 g/mol. The molecule has 26 heavy (non-hydrogen) atoms. The summed E-state index contributed by atoms with van der Waals surface area (Å²) in [4.78, 5) is 4.24. The van der Waals surface area contributed by atoms with Crippen molar-refractivity contribution >= 4 is 11.5 Å². The van der Waals surface area contributed by atoms with Crippen molar-refractivity contribution in [1.29, 1.82) is 0 Å². The van der Waals surface area contributed by atoms with E-state index in [2.05, 4.69) is 15.4 Å². The Bertz CT molecular complexity index is 916. The lowest BCUT2D eigenvalue weighted by atomic mass is 10.1. The van der Waals surface area contributed by atoms with Gasteiger partial charge in [-0.05, 0) is 37.1 Å². The SMILES string of the molecule is FC(F)(F)c1cccc(-c2cnc3ccc(NC4CCCOC4)nn23)c1. The Kier molecular flexibility index (Phi) is 4.28. The number of benzene rings is 1. The lowest BCUT2D eigenvalue weighted by molar-refractivity contribution is -0.137. The molecule has 1 aromatic carbocycles. The topological polar surface area (TPSA) is 51.5 Å². The van der Waals surface area contributed by atoms with Crippen LogP contribution in [-0.4, -0.2) is 33.9 Å². The molecule has 1 aliphatic rings. The second-order valence-electron chi connectivity index (χ2n) is 6.27. The summed E-state index contributed by atoms with van der Waals surface area (Å²) in [6.45, 7) is 1.38. The van der Waals surface area contributed by atoms with E-state index in [1.54, 1.807) is 16.6 Å². The van der Waals surface area contributed by atoms with Gasteiger partial charge in [0, 0.05) is 12.2 Å². The number of ether oxygens (including phenoxy) is 1. The number of nitrogens with zero attached hydrogens (tertiary/aromatic N) is 3. The summed E-state index contributed by atoms with van der Waals surface area (Å²) < 4.78 is 46.0. The number of hydrogen-bond acceptors (Lipinski definition) is 4. The van der Waals surface area contributed by atoms with Gasteiger partial charge in [-0.25, -0.2) is 9.50 Å². The minimum absolute atomic E-state index is 0.175. The fraction of sp³-hybridized carbons (Fsp3) is 0.333. The van der Waals surface area contributed by atoms with E-state index >= 15 is 0 Å². The van der Waals surface area contributed by atoms with Crippen LogP contribution in [-0.2, 0) is 10.9 Å². The Morgan fingerprint density at radius 3 is 2.85 bits per heavy atom. The Morgan fingerprint density at radius 2 is 2.08 bits per heavy atom. The maximum atomic E-state index is 13.0. The summed E-state index contributed by atoms with van der Waals surface area (Å²) >= 11 is 0. The van der Waals surface area contributed by atoms with Gasteiger partial charge in [-0.1, -0.05) is 12.1 Å². The molecule has 0 saturated carbocycles. The zero-order valence-corrected chi connectivity index (χ0v) is 13.8. The van der Waals surface area contributed by atoms with Crippen molar-refractivity contribution in [2.45, 2.75) is 25.1 Å². The van der Waals surface area contributed by atoms with E-state index in [9.17, 15) is 13.2 Å². The first-order valence-corrected chi connectivity index (χ1v) is 8.37. The third-order valence-corrected chi connectivity index (χ3v) is 4.36. The summed E-state index contributed by atoms with van der Waals surface area (Å²) in [6, 6.07) is 8.95. The van der Waals surface area contributed by atoms with E-state index in [0.717, 1.165) is 31.6 Å². The van der Waals surface area contributed by atoms with Crippen LogP contribution < -0.4 is 5.32 Å². The largest absolute Gasteiger partial charge is 0.416 e. The van der Waals surface area contributed by atoms with Gasteiger partial charge in [-0.15, -0.1) is 5.10 Å². The number of nitrogens with one attached hydrogen (secondary N) is 1. The molecule has 2 aromatic heterocycles. The van der Waals surface area contributed by atoms with E-state index in [0.29, 0.717) is 29.3 Å². The van der Waals surface area contributed by atoms with Crippen molar-refractivity contribution < 1.29 is 17.9 Å². The van der Waals surface area contributed by atoms with Gasteiger partial charge < -0.3 is 10.1 Å². The minimum atomic E-state index is -4.39. The monoisotopic (exact) mass is 362 g/mol. The van der Waals surface area contributed by atoms with E-state index in [1.165, 1.54) is 12.3 Å². The zero-order chi connectivity index (χ0) is 18.1. The van der Waals surface area contributed by atoms with Gasteiger partial charge >= 0.3 is 6.18 Å². The van der Waals surface area contributed by atoms with Crippen molar-refractivity contribution in [3.63, 3.8) is 0 Å². The van der Waals surface area contributed by atoms with Crippen molar-refractivity contribution in [2.24, 2.45) is 0 Å². The van der Waals surface area contributed by atoms with Crippen molar-refractivity contribution in [2.75, 3.05) is 18.5 Å². The van der Waals surface area contributed by atoms with Crippen LogP contribution in [0.3, 0.4) is 0 Å². The molecule has 0 spiro atoms. The lowest BCUT2D eigenvalue weighted by Crippen LogP contribution is -2.30. The number of alkyl halides is 3. The molecule has 5 nitrogen and oxygen atoms in total. The van der Waals surface area contributed by atoms with Crippen LogP contribution in [0.2, 0.25) is 0 Å². The van der Waals surface area contributed by atoms with Crippen LogP contribution in [0, 0.1) is 0 Å². The number of hydrogen-bond donors (Lipinski definition) is 1. The third-order valence-electron chi connectivity index (χ3n) is 4.36. The molecule has 0 amide bonds.